The molecule has 0 saturated carbocycles. The Morgan fingerprint density at radius 3 is 2.10 bits per heavy atom. The predicted octanol–water partition coefficient (Wildman–Crippen LogP) is 5.59. The highest BCUT2D eigenvalue weighted by atomic mass is 16.4. The summed E-state index contributed by atoms with van der Waals surface area (Å²) in [5.41, 5.74) is 2.13. The summed E-state index contributed by atoms with van der Waals surface area (Å²) >= 11 is 0. The average Bonchev–Trinajstić information content (AvgIpc) is 2.49. The van der Waals surface area contributed by atoms with Crippen molar-refractivity contribution in [3.63, 3.8) is 0 Å². The van der Waals surface area contributed by atoms with Crippen LogP contribution in [0.4, 0.5) is 0 Å². The van der Waals surface area contributed by atoms with Crippen LogP contribution >= 0.6 is 0 Å². The molecule has 0 heterocycles. The van der Waals surface area contributed by atoms with E-state index >= 15 is 0 Å². The van der Waals surface area contributed by atoms with Gasteiger partial charge in [-0.25, -0.2) is 0 Å². The lowest BCUT2D eigenvalue weighted by molar-refractivity contribution is 0.316. The molecule has 0 unspecified atom stereocenters. The molecule has 0 spiro atoms. The van der Waals surface area contributed by atoms with Crippen LogP contribution in [0.2, 0.25) is 0 Å². The van der Waals surface area contributed by atoms with Gasteiger partial charge in [-0.2, -0.15) is 0 Å². The van der Waals surface area contributed by atoms with Gasteiger partial charge >= 0.3 is 0 Å². The maximum Gasteiger partial charge on any atom is 0.0614 e. The van der Waals surface area contributed by atoms with E-state index in [1.54, 1.807) is 0 Å². The third kappa shape index (κ3) is 7.98. The van der Waals surface area contributed by atoms with E-state index in [2.05, 4.69) is 24.2 Å². The number of unbranched alkanes of at least 4 members (excludes halogenated alkanes) is 7. The Hall–Kier alpha value is -1.31. The number of oxime groups is 1. The van der Waals surface area contributed by atoms with Crippen LogP contribution in [0.5, 0.6) is 0 Å². The lowest BCUT2D eigenvalue weighted by Gasteiger charge is -2.05. The van der Waals surface area contributed by atoms with E-state index in [1.807, 2.05) is 18.2 Å². The van der Waals surface area contributed by atoms with Crippen LogP contribution in [0.25, 0.3) is 0 Å². The monoisotopic (exact) mass is 275 g/mol. The molecule has 0 radical (unpaired) electrons. The Kier molecular flexibility index (Phi) is 9.64. The minimum Gasteiger partial charge on any atom is -0.411 e. The Bertz CT molecular complexity index is 359. The fourth-order valence-corrected chi connectivity index (χ4v) is 2.47. The summed E-state index contributed by atoms with van der Waals surface area (Å²) in [5.74, 6) is 0. The molecule has 0 aromatic heterocycles. The Balaban J connectivity index is 2.07. The average molecular weight is 275 g/mol. The second-order valence-corrected chi connectivity index (χ2v) is 5.55. The summed E-state index contributed by atoms with van der Waals surface area (Å²) in [7, 11) is 0. The second-order valence-electron chi connectivity index (χ2n) is 5.55. The molecule has 112 valence electrons. The van der Waals surface area contributed by atoms with Crippen molar-refractivity contribution in [2.24, 2.45) is 5.16 Å². The number of nitrogens with zero attached hydrogens (tertiary/aromatic N) is 1. The molecule has 0 aliphatic rings. The SMILES string of the molecule is CCCCCCCCCC/C(Cc1ccccc1)=N/O. The molecule has 0 atom stereocenters. The third-order valence-electron chi connectivity index (χ3n) is 3.71. The molecule has 1 aromatic carbocycles. The van der Waals surface area contributed by atoms with E-state index in [1.165, 1.54) is 50.5 Å². The van der Waals surface area contributed by atoms with E-state index in [0.29, 0.717) is 0 Å². The van der Waals surface area contributed by atoms with Gasteiger partial charge in [0.2, 0.25) is 0 Å². The molecule has 0 amide bonds. The normalized spacial score (nSPS) is 11.8. The second kappa shape index (κ2) is 11.5. The van der Waals surface area contributed by atoms with Crippen LogP contribution in [0, 0.1) is 0 Å². The third-order valence-corrected chi connectivity index (χ3v) is 3.71. The van der Waals surface area contributed by atoms with Crippen LogP contribution in [0.3, 0.4) is 0 Å². The van der Waals surface area contributed by atoms with Crippen molar-refractivity contribution in [2.45, 2.75) is 71.1 Å². The minimum atomic E-state index is 0.772. The first-order valence-corrected chi connectivity index (χ1v) is 8.10. The first-order valence-electron chi connectivity index (χ1n) is 8.10. The van der Waals surface area contributed by atoms with Crippen molar-refractivity contribution in [3.05, 3.63) is 35.9 Å². The molecule has 0 aliphatic heterocycles. The topological polar surface area (TPSA) is 32.6 Å². The van der Waals surface area contributed by atoms with Crippen LogP contribution in [-0.2, 0) is 6.42 Å². The summed E-state index contributed by atoms with van der Waals surface area (Å²) in [4.78, 5) is 0. The standard InChI is InChI=1S/C18H29NO/c1-2-3-4-5-6-7-8-12-15-18(19-20)16-17-13-10-9-11-14-17/h9-11,13-14,20H,2-8,12,15-16H2,1H3/b19-18-. The molecule has 1 N–H and O–H groups in total. The highest BCUT2D eigenvalue weighted by molar-refractivity contribution is 5.85. The first kappa shape index (κ1) is 16.7. The maximum absolute atomic E-state index is 9.08. The molecule has 2 nitrogen and oxygen atoms in total. The lowest BCUT2D eigenvalue weighted by Crippen LogP contribution is -2.03. The van der Waals surface area contributed by atoms with E-state index in [9.17, 15) is 0 Å². The minimum absolute atomic E-state index is 0.772. The maximum atomic E-state index is 9.08. The van der Waals surface area contributed by atoms with E-state index < -0.39 is 0 Å². The quantitative estimate of drug-likeness (QED) is 0.243. The van der Waals surface area contributed by atoms with E-state index in [4.69, 9.17) is 5.21 Å². The zero-order valence-corrected chi connectivity index (χ0v) is 12.9. The summed E-state index contributed by atoms with van der Waals surface area (Å²) in [5, 5.41) is 12.5. The summed E-state index contributed by atoms with van der Waals surface area (Å²) in [6.45, 7) is 2.25. The highest BCUT2D eigenvalue weighted by Gasteiger charge is 2.02. The van der Waals surface area contributed by atoms with Crippen LogP contribution < -0.4 is 0 Å². The van der Waals surface area contributed by atoms with Crippen molar-refractivity contribution in [1.82, 2.24) is 0 Å². The van der Waals surface area contributed by atoms with Gasteiger partial charge in [0.1, 0.15) is 0 Å². The van der Waals surface area contributed by atoms with Crippen molar-refractivity contribution in [2.75, 3.05) is 0 Å². The van der Waals surface area contributed by atoms with E-state index in [-0.39, 0.29) is 0 Å². The number of benzene rings is 1. The molecule has 1 aromatic rings. The molecular formula is C18H29NO. The Morgan fingerprint density at radius 2 is 1.50 bits per heavy atom. The molecule has 0 fully saturated rings. The molecule has 2 heteroatoms. The van der Waals surface area contributed by atoms with Gasteiger partial charge in [-0.15, -0.1) is 0 Å². The van der Waals surface area contributed by atoms with Gasteiger partial charge in [-0.3, -0.25) is 0 Å². The van der Waals surface area contributed by atoms with Gasteiger partial charge in [0.05, 0.1) is 5.71 Å². The molecule has 20 heavy (non-hydrogen) atoms. The number of rotatable bonds is 11. The molecule has 1 rings (SSSR count). The van der Waals surface area contributed by atoms with Gasteiger partial charge in [0.15, 0.2) is 0 Å². The summed E-state index contributed by atoms with van der Waals surface area (Å²) < 4.78 is 0. The fourth-order valence-electron chi connectivity index (χ4n) is 2.47. The van der Waals surface area contributed by atoms with Gasteiger partial charge in [0.25, 0.3) is 0 Å². The Labute approximate surface area is 123 Å². The largest absolute Gasteiger partial charge is 0.411 e. The molecular weight excluding hydrogens is 246 g/mol. The molecule has 0 saturated heterocycles. The van der Waals surface area contributed by atoms with Crippen molar-refractivity contribution >= 4 is 5.71 Å². The first-order chi connectivity index (χ1) is 9.86. The Morgan fingerprint density at radius 1 is 0.900 bits per heavy atom. The summed E-state index contributed by atoms with van der Waals surface area (Å²) in [6, 6.07) is 10.2. The zero-order chi connectivity index (χ0) is 14.5. The highest BCUT2D eigenvalue weighted by Crippen LogP contribution is 2.11. The number of hydrogen-bond donors (Lipinski definition) is 1. The predicted molar refractivity (Wildman–Crippen MR) is 86.6 cm³/mol. The van der Waals surface area contributed by atoms with Gasteiger partial charge in [0, 0.05) is 6.42 Å². The van der Waals surface area contributed by atoms with Crippen LogP contribution in [0.1, 0.15) is 70.3 Å². The van der Waals surface area contributed by atoms with Crippen LogP contribution in [0.15, 0.2) is 35.5 Å². The van der Waals surface area contributed by atoms with Crippen molar-refractivity contribution in [1.29, 1.82) is 0 Å². The lowest BCUT2D eigenvalue weighted by atomic mass is 10.0. The fraction of sp³-hybridized carbons (Fsp3) is 0.611. The molecule has 0 bridgehead atoms. The van der Waals surface area contributed by atoms with Gasteiger partial charge < -0.3 is 5.21 Å². The number of hydrogen-bond acceptors (Lipinski definition) is 2. The zero-order valence-electron chi connectivity index (χ0n) is 12.9. The summed E-state index contributed by atoms with van der Waals surface area (Å²) in [6.07, 6.45) is 12.2. The van der Waals surface area contributed by atoms with Gasteiger partial charge in [-0.05, 0) is 18.4 Å². The van der Waals surface area contributed by atoms with Crippen molar-refractivity contribution < 1.29 is 5.21 Å². The van der Waals surface area contributed by atoms with Crippen LogP contribution in [-0.4, -0.2) is 10.9 Å². The van der Waals surface area contributed by atoms with Gasteiger partial charge in [-0.1, -0.05) is 87.4 Å². The van der Waals surface area contributed by atoms with E-state index in [0.717, 1.165) is 25.0 Å². The molecule has 0 aliphatic carbocycles. The smallest absolute Gasteiger partial charge is 0.0614 e. The van der Waals surface area contributed by atoms with Crippen molar-refractivity contribution in [3.8, 4) is 0 Å².